The molecule has 0 spiro atoms. The van der Waals surface area contributed by atoms with Gasteiger partial charge in [0, 0.05) is 9.26 Å². The molecular formula is C15H19IN4O3. The topological polar surface area (TPSA) is 90.5 Å². The van der Waals surface area contributed by atoms with Crippen LogP contribution in [0.5, 0.6) is 0 Å². The maximum absolute atomic E-state index is 12.2. The van der Waals surface area contributed by atoms with Crippen LogP contribution in [0, 0.1) is 10.5 Å². The number of imide groups is 1. The van der Waals surface area contributed by atoms with Gasteiger partial charge in [-0.2, -0.15) is 5.01 Å². The standard InChI is InChI=1S/C15H19IN4O3/c1-4-15(3)13(22)20(14(23)18-15)19-12(21)8-17-11-6-5-10(16)7-9(11)2/h5-7,17H,4,8H2,1-3H3,(H,18,23)(H,19,21). The number of hydrogen-bond donors (Lipinski definition) is 3. The molecule has 8 heteroatoms. The zero-order valence-corrected chi connectivity index (χ0v) is 15.4. The van der Waals surface area contributed by atoms with Crippen molar-refractivity contribution >= 4 is 46.1 Å². The Labute approximate surface area is 148 Å². The fourth-order valence-corrected chi connectivity index (χ4v) is 2.84. The van der Waals surface area contributed by atoms with E-state index in [0.717, 1.165) is 19.8 Å². The second kappa shape index (κ2) is 6.73. The summed E-state index contributed by atoms with van der Waals surface area (Å²) < 4.78 is 1.10. The summed E-state index contributed by atoms with van der Waals surface area (Å²) in [7, 11) is 0. The molecule has 0 aliphatic carbocycles. The molecule has 0 aromatic heterocycles. The first kappa shape index (κ1) is 17.5. The van der Waals surface area contributed by atoms with Crippen molar-refractivity contribution in [2.45, 2.75) is 32.7 Å². The van der Waals surface area contributed by atoms with Crippen LogP contribution in [0.1, 0.15) is 25.8 Å². The lowest BCUT2D eigenvalue weighted by molar-refractivity contribution is -0.138. The van der Waals surface area contributed by atoms with E-state index in [9.17, 15) is 14.4 Å². The number of urea groups is 1. The van der Waals surface area contributed by atoms with Crippen LogP contribution >= 0.6 is 22.6 Å². The molecule has 0 bridgehead atoms. The van der Waals surface area contributed by atoms with Crippen molar-refractivity contribution in [3.8, 4) is 0 Å². The number of carbonyl (C=O) groups is 3. The molecule has 1 aromatic carbocycles. The third-order valence-corrected chi connectivity index (χ3v) is 4.50. The van der Waals surface area contributed by atoms with Gasteiger partial charge in [0.15, 0.2) is 0 Å². The Kier molecular flexibility index (Phi) is 5.12. The fraction of sp³-hybridized carbons (Fsp3) is 0.400. The normalized spacial score (nSPS) is 20.4. The number of nitrogens with zero attached hydrogens (tertiary/aromatic N) is 1. The monoisotopic (exact) mass is 430 g/mol. The molecule has 1 heterocycles. The van der Waals surface area contributed by atoms with E-state index in [0.29, 0.717) is 6.42 Å². The van der Waals surface area contributed by atoms with E-state index in [1.807, 2.05) is 25.1 Å². The van der Waals surface area contributed by atoms with E-state index in [1.165, 1.54) is 0 Å². The predicted molar refractivity (Wildman–Crippen MR) is 94.6 cm³/mol. The molecule has 1 fully saturated rings. The van der Waals surface area contributed by atoms with E-state index in [1.54, 1.807) is 13.8 Å². The van der Waals surface area contributed by atoms with E-state index < -0.39 is 23.4 Å². The molecule has 7 nitrogen and oxygen atoms in total. The molecule has 3 N–H and O–H groups in total. The Hall–Kier alpha value is -1.84. The second-order valence-electron chi connectivity index (χ2n) is 5.60. The van der Waals surface area contributed by atoms with Crippen LogP contribution in [0.3, 0.4) is 0 Å². The molecule has 2 rings (SSSR count). The fourth-order valence-electron chi connectivity index (χ4n) is 2.19. The van der Waals surface area contributed by atoms with E-state index in [4.69, 9.17) is 0 Å². The molecule has 0 radical (unpaired) electrons. The van der Waals surface area contributed by atoms with Crippen molar-refractivity contribution in [2.24, 2.45) is 0 Å². The molecule has 1 unspecified atom stereocenters. The second-order valence-corrected chi connectivity index (χ2v) is 6.85. The van der Waals surface area contributed by atoms with E-state index >= 15 is 0 Å². The highest BCUT2D eigenvalue weighted by Crippen LogP contribution is 2.19. The van der Waals surface area contributed by atoms with Gasteiger partial charge in [-0.25, -0.2) is 4.79 Å². The van der Waals surface area contributed by atoms with Crippen molar-refractivity contribution in [3.63, 3.8) is 0 Å². The number of anilines is 1. The summed E-state index contributed by atoms with van der Waals surface area (Å²) in [6.07, 6.45) is 0.448. The average Bonchev–Trinajstić information content (AvgIpc) is 2.70. The minimum atomic E-state index is -0.968. The maximum atomic E-state index is 12.2. The predicted octanol–water partition coefficient (Wildman–Crippen LogP) is 1.76. The van der Waals surface area contributed by atoms with Gasteiger partial charge in [-0.3, -0.25) is 15.0 Å². The zero-order chi connectivity index (χ0) is 17.2. The number of halogens is 1. The van der Waals surface area contributed by atoms with Crippen LogP contribution in [0.4, 0.5) is 10.5 Å². The minimum absolute atomic E-state index is 0.0403. The lowest BCUT2D eigenvalue weighted by Crippen LogP contribution is -2.50. The van der Waals surface area contributed by atoms with Gasteiger partial charge in [-0.1, -0.05) is 6.92 Å². The number of amides is 4. The molecule has 1 aromatic rings. The summed E-state index contributed by atoms with van der Waals surface area (Å²) in [6, 6.07) is 5.19. The SMILES string of the molecule is CCC1(C)NC(=O)N(NC(=O)CNc2ccc(I)cc2C)C1=O. The largest absolute Gasteiger partial charge is 0.376 e. The first-order valence-corrected chi connectivity index (χ1v) is 8.31. The van der Waals surface area contributed by atoms with Gasteiger partial charge >= 0.3 is 6.03 Å². The summed E-state index contributed by atoms with van der Waals surface area (Å²) in [5, 5.41) is 6.31. The Bertz CT molecular complexity index is 664. The maximum Gasteiger partial charge on any atom is 0.344 e. The highest BCUT2D eigenvalue weighted by Gasteiger charge is 2.47. The number of hydrazine groups is 1. The van der Waals surface area contributed by atoms with E-state index in [-0.39, 0.29) is 6.54 Å². The number of benzene rings is 1. The van der Waals surface area contributed by atoms with Crippen LogP contribution in [-0.4, -0.2) is 34.9 Å². The Morgan fingerprint density at radius 2 is 2.09 bits per heavy atom. The molecule has 23 heavy (non-hydrogen) atoms. The molecule has 1 atom stereocenters. The van der Waals surface area contributed by atoms with Gasteiger partial charge in [0.05, 0.1) is 6.54 Å². The van der Waals surface area contributed by atoms with Gasteiger partial charge in [0.1, 0.15) is 5.54 Å². The molecule has 124 valence electrons. The lowest BCUT2D eigenvalue weighted by Gasteiger charge is -2.19. The number of hydrogen-bond acceptors (Lipinski definition) is 4. The van der Waals surface area contributed by atoms with Crippen LogP contribution in [-0.2, 0) is 9.59 Å². The van der Waals surface area contributed by atoms with Gasteiger partial charge in [-0.15, -0.1) is 0 Å². The molecular weight excluding hydrogens is 411 g/mol. The van der Waals surface area contributed by atoms with Crippen molar-refractivity contribution < 1.29 is 14.4 Å². The number of rotatable bonds is 5. The van der Waals surface area contributed by atoms with Crippen LogP contribution < -0.4 is 16.1 Å². The average molecular weight is 430 g/mol. The molecule has 1 aliphatic rings. The first-order valence-electron chi connectivity index (χ1n) is 7.23. The van der Waals surface area contributed by atoms with Crippen LogP contribution in [0.2, 0.25) is 0 Å². The molecule has 1 aliphatic heterocycles. The summed E-state index contributed by atoms with van der Waals surface area (Å²) in [6.45, 7) is 5.32. The molecule has 4 amide bonds. The Morgan fingerprint density at radius 1 is 1.39 bits per heavy atom. The minimum Gasteiger partial charge on any atom is -0.376 e. The Morgan fingerprint density at radius 3 is 2.65 bits per heavy atom. The van der Waals surface area contributed by atoms with Crippen molar-refractivity contribution in [2.75, 3.05) is 11.9 Å². The smallest absolute Gasteiger partial charge is 0.344 e. The van der Waals surface area contributed by atoms with Crippen LogP contribution in [0.25, 0.3) is 0 Å². The summed E-state index contributed by atoms with van der Waals surface area (Å²) in [4.78, 5) is 36.0. The van der Waals surface area contributed by atoms with Gasteiger partial charge in [0.25, 0.3) is 11.8 Å². The summed E-state index contributed by atoms with van der Waals surface area (Å²) in [5.74, 6) is -0.921. The highest BCUT2D eigenvalue weighted by atomic mass is 127. The molecule has 1 saturated heterocycles. The first-order chi connectivity index (χ1) is 10.8. The lowest BCUT2D eigenvalue weighted by atomic mass is 10.00. The third kappa shape index (κ3) is 3.74. The van der Waals surface area contributed by atoms with Crippen molar-refractivity contribution in [1.29, 1.82) is 0 Å². The third-order valence-electron chi connectivity index (χ3n) is 3.83. The number of aryl methyl sites for hydroxylation is 1. The molecule has 0 saturated carbocycles. The van der Waals surface area contributed by atoms with Crippen molar-refractivity contribution in [3.05, 3.63) is 27.3 Å². The highest BCUT2D eigenvalue weighted by molar-refractivity contribution is 14.1. The van der Waals surface area contributed by atoms with Gasteiger partial charge in [-0.05, 0) is 66.6 Å². The quantitative estimate of drug-likeness (QED) is 0.491. The van der Waals surface area contributed by atoms with Gasteiger partial charge in [0.2, 0.25) is 0 Å². The van der Waals surface area contributed by atoms with Crippen LogP contribution in [0.15, 0.2) is 18.2 Å². The number of carbonyl (C=O) groups excluding carboxylic acids is 3. The van der Waals surface area contributed by atoms with Crippen molar-refractivity contribution in [1.82, 2.24) is 15.8 Å². The van der Waals surface area contributed by atoms with Gasteiger partial charge < -0.3 is 10.6 Å². The summed E-state index contributed by atoms with van der Waals surface area (Å²) in [5.41, 5.74) is 3.21. The summed E-state index contributed by atoms with van der Waals surface area (Å²) >= 11 is 2.21. The van der Waals surface area contributed by atoms with E-state index in [2.05, 4.69) is 38.7 Å². The Balaban J connectivity index is 1.95. The number of nitrogens with one attached hydrogen (secondary N) is 3. The zero-order valence-electron chi connectivity index (χ0n) is 13.2.